The zero-order valence-electron chi connectivity index (χ0n) is 11.0. The van der Waals surface area contributed by atoms with Crippen molar-refractivity contribution < 1.29 is 9.53 Å². The van der Waals surface area contributed by atoms with Crippen LogP contribution in [0.3, 0.4) is 0 Å². The van der Waals surface area contributed by atoms with Crippen molar-refractivity contribution in [3.63, 3.8) is 0 Å². The fraction of sp³-hybridized carbons (Fsp3) is 0.500. The summed E-state index contributed by atoms with van der Waals surface area (Å²) in [6.07, 6.45) is -0.493. The first-order valence-corrected chi connectivity index (χ1v) is 6.17. The van der Waals surface area contributed by atoms with Crippen molar-refractivity contribution in [2.24, 2.45) is 0 Å². The number of aryl methyl sites for hydroxylation is 1. The van der Waals surface area contributed by atoms with Gasteiger partial charge in [0, 0.05) is 7.05 Å². The lowest BCUT2D eigenvalue weighted by atomic mass is 10.2. The molecule has 0 aliphatic carbocycles. The molecule has 0 bridgehead atoms. The molecule has 0 spiro atoms. The molecule has 0 saturated heterocycles. The predicted molar refractivity (Wildman–Crippen MR) is 73.6 cm³/mol. The molecule has 6 heteroatoms. The second-order valence-electron chi connectivity index (χ2n) is 4.94. The van der Waals surface area contributed by atoms with E-state index in [0.717, 1.165) is 5.56 Å². The number of halogens is 2. The molecular formula is C12H16Cl2N2O2. The highest BCUT2D eigenvalue weighted by Gasteiger charge is 2.22. The van der Waals surface area contributed by atoms with E-state index < -0.39 is 11.7 Å². The van der Waals surface area contributed by atoms with E-state index in [1.807, 2.05) is 0 Å². The van der Waals surface area contributed by atoms with Crippen molar-refractivity contribution in [3.05, 3.63) is 21.8 Å². The maximum absolute atomic E-state index is 11.9. The number of carbonyl (C=O) groups is 1. The first-order valence-electron chi connectivity index (χ1n) is 5.41. The third-order valence-corrected chi connectivity index (χ3v) is 2.94. The van der Waals surface area contributed by atoms with Gasteiger partial charge >= 0.3 is 6.09 Å². The highest BCUT2D eigenvalue weighted by atomic mass is 35.5. The molecule has 0 unspecified atom stereocenters. The molecule has 0 aliphatic heterocycles. The summed E-state index contributed by atoms with van der Waals surface area (Å²) in [5.41, 5.74) is 0.193. The van der Waals surface area contributed by atoms with Crippen LogP contribution in [0.25, 0.3) is 0 Å². The van der Waals surface area contributed by atoms with Gasteiger partial charge in [-0.2, -0.15) is 0 Å². The Morgan fingerprint density at radius 2 is 1.94 bits per heavy atom. The fourth-order valence-electron chi connectivity index (χ4n) is 1.20. The topological polar surface area (TPSA) is 42.4 Å². The van der Waals surface area contributed by atoms with E-state index in [-0.39, 0.29) is 5.15 Å². The lowest BCUT2D eigenvalue weighted by Crippen LogP contribution is -2.34. The average Bonchev–Trinajstić information content (AvgIpc) is 2.21. The summed E-state index contributed by atoms with van der Waals surface area (Å²) in [5.74, 6) is 0.399. The van der Waals surface area contributed by atoms with Gasteiger partial charge in [-0.15, -0.1) is 0 Å². The minimum absolute atomic E-state index is 0.169. The summed E-state index contributed by atoms with van der Waals surface area (Å²) in [6, 6.07) is 1.68. The van der Waals surface area contributed by atoms with Gasteiger partial charge in [-0.3, -0.25) is 4.90 Å². The Balaban J connectivity index is 2.97. The SMILES string of the molecule is Cc1cc(N(C)C(=O)OC(C)(C)C)nc(Cl)c1Cl. The van der Waals surface area contributed by atoms with Crippen molar-refractivity contribution >= 4 is 35.1 Å². The van der Waals surface area contributed by atoms with Crippen LogP contribution in [0.4, 0.5) is 10.6 Å². The minimum atomic E-state index is -0.559. The van der Waals surface area contributed by atoms with Crippen LogP contribution in [0.1, 0.15) is 26.3 Å². The molecule has 1 aromatic rings. The van der Waals surface area contributed by atoms with Crippen LogP contribution in [0.5, 0.6) is 0 Å². The van der Waals surface area contributed by atoms with E-state index >= 15 is 0 Å². The normalized spacial score (nSPS) is 11.3. The molecule has 0 N–H and O–H groups in total. The van der Waals surface area contributed by atoms with Gasteiger partial charge < -0.3 is 4.74 Å². The van der Waals surface area contributed by atoms with Crippen molar-refractivity contribution in [2.45, 2.75) is 33.3 Å². The number of rotatable bonds is 1. The number of anilines is 1. The second-order valence-corrected chi connectivity index (χ2v) is 5.68. The molecule has 18 heavy (non-hydrogen) atoms. The summed E-state index contributed by atoms with van der Waals surface area (Å²) in [7, 11) is 1.57. The van der Waals surface area contributed by atoms with Gasteiger partial charge in [0.25, 0.3) is 0 Å². The van der Waals surface area contributed by atoms with Crippen LogP contribution in [-0.2, 0) is 4.74 Å². The third-order valence-electron chi connectivity index (χ3n) is 2.10. The van der Waals surface area contributed by atoms with Crippen LogP contribution in [0.15, 0.2) is 6.07 Å². The van der Waals surface area contributed by atoms with Crippen LogP contribution < -0.4 is 4.90 Å². The van der Waals surface area contributed by atoms with Crippen molar-refractivity contribution in [3.8, 4) is 0 Å². The van der Waals surface area contributed by atoms with E-state index in [0.29, 0.717) is 10.8 Å². The summed E-state index contributed by atoms with van der Waals surface area (Å²) >= 11 is 11.8. The minimum Gasteiger partial charge on any atom is -0.443 e. The van der Waals surface area contributed by atoms with Crippen molar-refractivity contribution in [2.75, 3.05) is 11.9 Å². The Labute approximate surface area is 117 Å². The van der Waals surface area contributed by atoms with E-state index in [4.69, 9.17) is 27.9 Å². The highest BCUT2D eigenvalue weighted by Crippen LogP contribution is 2.27. The maximum atomic E-state index is 11.9. The smallest absolute Gasteiger partial charge is 0.415 e. The Kier molecular flexibility index (Phi) is 4.46. The molecule has 0 fully saturated rings. The molecular weight excluding hydrogens is 275 g/mol. The summed E-state index contributed by atoms with van der Waals surface area (Å²) in [5, 5.41) is 0.556. The number of ether oxygens (including phenoxy) is 1. The van der Waals surface area contributed by atoms with Crippen molar-refractivity contribution in [1.29, 1.82) is 0 Å². The van der Waals surface area contributed by atoms with E-state index in [9.17, 15) is 4.79 Å². The largest absolute Gasteiger partial charge is 0.443 e. The van der Waals surface area contributed by atoms with E-state index in [1.54, 1.807) is 40.8 Å². The van der Waals surface area contributed by atoms with Gasteiger partial charge in [0.15, 0.2) is 0 Å². The number of hydrogen-bond acceptors (Lipinski definition) is 3. The summed E-state index contributed by atoms with van der Waals surface area (Å²) in [6.45, 7) is 7.19. The first-order chi connectivity index (χ1) is 8.11. The van der Waals surface area contributed by atoms with Gasteiger partial charge in [-0.1, -0.05) is 23.2 Å². The van der Waals surface area contributed by atoms with Gasteiger partial charge in [0.2, 0.25) is 0 Å². The summed E-state index contributed by atoms with van der Waals surface area (Å²) < 4.78 is 5.23. The molecule has 0 aromatic carbocycles. The Bertz CT molecular complexity index is 447. The maximum Gasteiger partial charge on any atom is 0.415 e. The zero-order chi connectivity index (χ0) is 14.1. The highest BCUT2D eigenvalue weighted by molar-refractivity contribution is 6.41. The lowest BCUT2D eigenvalue weighted by Gasteiger charge is -2.24. The Morgan fingerprint density at radius 3 is 2.39 bits per heavy atom. The number of hydrogen-bond donors (Lipinski definition) is 0. The Morgan fingerprint density at radius 1 is 1.39 bits per heavy atom. The standard InChI is InChI=1S/C12H16Cl2N2O2/c1-7-6-8(15-10(14)9(7)13)16(5)11(17)18-12(2,3)4/h6H,1-5H3. The van der Waals surface area contributed by atoms with Gasteiger partial charge in [-0.25, -0.2) is 9.78 Å². The van der Waals surface area contributed by atoms with Crippen LogP contribution >= 0.6 is 23.2 Å². The molecule has 4 nitrogen and oxygen atoms in total. The van der Waals surface area contributed by atoms with E-state index in [1.165, 1.54) is 4.90 Å². The number of aromatic nitrogens is 1. The zero-order valence-corrected chi connectivity index (χ0v) is 12.6. The predicted octanol–water partition coefficient (Wildman–Crippen LogP) is 4.07. The first kappa shape index (κ1) is 15.1. The van der Waals surface area contributed by atoms with Gasteiger partial charge in [0.05, 0.1) is 5.02 Å². The van der Waals surface area contributed by atoms with E-state index in [2.05, 4.69) is 4.98 Å². The monoisotopic (exact) mass is 290 g/mol. The van der Waals surface area contributed by atoms with Crippen LogP contribution in [0, 0.1) is 6.92 Å². The molecule has 0 radical (unpaired) electrons. The molecule has 0 saturated carbocycles. The third kappa shape index (κ3) is 3.75. The van der Waals surface area contributed by atoms with Crippen LogP contribution in [-0.4, -0.2) is 23.7 Å². The van der Waals surface area contributed by atoms with Crippen LogP contribution in [0.2, 0.25) is 10.2 Å². The number of amides is 1. The number of carbonyl (C=O) groups excluding carboxylic acids is 1. The summed E-state index contributed by atoms with van der Waals surface area (Å²) in [4.78, 5) is 17.2. The molecule has 100 valence electrons. The fourth-order valence-corrected chi connectivity index (χ4v) is 1.53. The molecule has 1 heterocycles. The average molecular weight is 291 g/mol. The van der Waals surface area contributed by atoms with Crippen molar-refractivity contribution in [1.82, 2.24) is 4.98 Å². The molecule has 0 aliphatic rings. The second kappa shape index (κ2) is 5.33. The number of nitrogens with zero attached hydrogens (tertiary/aromatic N) is 2. The number of pyridine rings is 1. The molecule has 1 rings (SSSR count). The molecule has 1 aromatic heterocycles. The lowest BCUT2D eigenvalue weighted by molar-refractivity contribution is 0.0588. The van der Waals surface area contributed by atoms with Gasteiger partial charge in [-0.05, 0) is 39.3 Å². The molecule has 0 atom stereocenters. The van der Waals surface area contributed by atoms with Gasteiger partial charge in [0.1, 0.15) is 16.6 Å². The molecule has 1 amide bonds. The Hall–Kier alpha value is -1.00. The quantitative estimate of drug-likeness (QED) is 0.732.